The van der Waals surface area contributed by atoms with Crippen LogP contribution >= 0.6 is 11.8 Å². The molecular weight excluding hydrogens is 469 g/mol. The lowest BCUT2D eigenvalue weighted by Gasteiger charge is -2.10. The average molecular weight is 495 g/mol. The van der Waals surface area contributed by atoms with Crippen molar-refractivity contribution >= 4 is 46.0 Å². The van der Waals surface area contributed by atoms with Crippen molar-refractivity contribution in [1.29, 1.82) is 0 Å². The van der Waals surface area contributed by atoms with E-state index in [2.05, 4.69) is 15.6 Å². The highest BCUT2D eigenvalue weighted by atomic mass is 32.2. The largest absolute Gasteiger partial charge is 0.416 e. The van der Waals surface area contributed by atoms with Crippen molar-refractivity contribution < 1.29 is 27.5 Å². The lowest BCUT2D eigenvalue weighted by molar-refractivity contribution is -0.137. The van der Waals surface area contributed by atoms with Gasteiger partial charge in [0.05, 0.1) is 22.3 Å². The minimum atomic E-state index is -4.45. The summed E-state index contributed by atoms with van der Waals surface area (Å²) < 4.78 is 45.9. The molecule has 0 saturated carbocycles. The van der Waals surface area contributed by atoms with E-state index in [1.165, 1.54) is 13.2 Å². The molecule has 1 aromatic heterocycles. The summed E-state index contributed by atoms with van der Waals surface area (Å²) in [6.45, 7) is 2.52. The van der Waals surface area contributed by atoms with E-state index in [1.807, 2.05) is 11.5 Å². The number of methoxy groups -OCH3 is 1. The molecule has 0 bridgehead atoms. The lowest BCUT2D eigenvalue weighted by Crippen LogP contribution is -2.18. The van der Waals surface area contributed by atoms with Gasteiger partial charge in [-0.15, -0.1) is 0 Å². The highest BCUT2D eigenvalue weighted by Gasteiger charge is 2.31. The maximum Gasteiger partial charge on any atom is 0.416 e. The van der Waals surface area contributed by atoms with Crippen LogP contribution in [0.1, 0.15) is 25.3 Å². The number of anilines is 2. The van der Waals surface area contributed by atoms with Gasteiger partial charge in [0.15, 0.2) is 5.16 Å². The van der Waals surface area contributed by atoms with Crippen molar-refractivity contribution in [2.24, 2.45) is 0 Å². The number of amides is 2. The Morgan fingerprint density at radius 3 is 2.44 bits per heavy atom. The van der Waals surface area contributed by atoms with Crippen LogP contribution in [0.15, 0.2) is 47.6 Å². The van der Waals surface area contributed by atoms with Crippen LogP contribution in [0.4, 0.5) is 24.5 Å². The van der Waals surface area contributed by atoms with Crippen LogP contribution in [-0.4, -0.2) is 40.8 Å². The third kappa shape index (κ3) is 6.73. The van der Waals surface area contributed by atoms with E-state index in [4.69, 9.17) is 4.74 Å². The Balaban J connectivity index is 1.71. The first kappa shape index (κ1) is 25.6. The fourth-order valence-corrected chi connectivity index (χ4v) is 4.10. The molecule has 0 aliphatic rings. The number of carbonyl (C=O) groups excluding carboxylic acids is 2. The molecule has 3 rings (SSSR count). The van der Waals surface area contributed by atoms with E-state index in [1.54, 1.807) is 24.3 Å². The van der Waals surface area contributed by atoms with E-state index < -0.39 is 11.7 Å². The molecule has 1 heterocycles. The Labute approximate surface area is 199 Å². The Kier molecular flexibility index (Phi) is 8.56. The van der Waals surface area contributed by atoms with Gasteiger partial charge in [0, 0.05) is 25.0 Å². The second-order valence-corrected chi connectivity index (χ2v) is 8.44. The number of fused-ring (bicyclic) bond motifs is 1. The number of nitrogens with zero attached hydrogens (tertiary/aromatic N) is 2. The van der Waals surface area contributed by atoms with E-state index in [9.17, 15) is 22.8 Å². The fraction of sp³-hybridized carbons (Fsp3) is 0.348. The van der Waals surface area contributed by atoms with Gasteiger partial charge in [-0.3, -0.25) is 9.59 Å². The molecule has 2 aromatic carbocycles. The molecule has 0 saturated heterocycles. The molecule has 0 aliphatic heterocycles. The first-order valence-electron chi connectivity index (χ1n) is 10.6. The zero-order valence-corrected chi connectivity index (χ0v) is 19.6. The number of carbonyl (C=O) groups is 2. The number of rotatable bonds is 10. The topological polar surface area (TPSA) is 85.2 Å². The summed E-state index contributed by atoms with van der Waals surface area (Å²) in [7, 11) is 1.42. The van der Waals surface area contributed by atoms with E-state index >= 15 is 0 Å². The standard InChI is InChI=1S/C23H25F3N4O3S/c1-3-4-10-30-19-9-8-15(23(24,25)26)11-18(19)29-22(30)34-14-21(32)28-17-7-5-6-16(12-17)27-20(31)13-33-2/h5-9,11-12H,3-4,10,13-14H2,1-2H3,(H,27,31)(H,28,32). The second kappa shape index (κ2) is 11.4. The third-order valence-corrected chi connectivity index (χ3v) is 5.79. The molecule has 2 N–H and O–H groups in total. The van der Waals surface area contributed by atoms with Gasteiger partial charge in [0.2, 0.25) is 11.8 Å². The quantitative estimate of drug-likeness (QED) is 0.380. The van der Waals surface area contributed by atoms with Crippen LogP contribution in [0.25, 0.3) is 11.0 Å². The number of hydrogen-bond acceptors (Lipinski definition) is 5. The predicted molar refractivity (Wildman–Crippen MR) is 126 cm³/mol. The van der Waals surface area contributed by atoms with E-state index in [-0.39, 0.29) is 29.7 Å². The number of unbranched alkanes of at least 4 members (excludes halogenated alkanes) is 1. The monoisotopic (exact) mass is 494 g/mol. The van der Waals surface area contributed by atoms with Crippen molar-refractivity contribution in [3.8, 4) is 0 Å². The third-order valence-electron chi connectivity index (χ3n) is 4.81. The number of thioether (sulfide) groups is 1. The SMILES string of the molecule is CCCCn1c(SCC(=O)Nc2cccc(NC(=O)COC)c2)nc2cc(C(F)(F)F)ccc21. The summed E-state index contributed by atoms with van der Waals surface area (Å²) >= 11 is 1.16. The first-order valence-corrected chi connectivity index (χ1v) is 11.6. The number of alkyl halides is 3. The van der Waals surface area contributed by atoms with Crippen molar-refractivity contribution in [3.63, 3.8) is 0 Å². The first-order chi connectivity index (χ1) is 16.2. The van der Waals surface area contributed by atoms with Crippen molar-refractivity contribution in [2.45, 2.75) is 37.6 Å². The summed E-state index contributed by atoms with van der Waals surface area (Å²) in [5.41, 5.74) is 1.09. The van der Waals surface area contributed by atoms with Gasteiger partial charge in [0.1, 0.15) is 6.61 Å². The molecule has 7 nitrogen and oxygen atoms in total. The number of aromatic nitrogens is 2. The van der Waals surface area contributed by atoms with Crippen LogP contribution in [0.2, 0.25) is 0 Å². The Hall–Kier alpha value is -3.05. The number of ether oxygens (including phenoxy) is 1. The normalized spacial score (nSPS) is 11.6. The number of imidazole rings is 1. The van der Waals surface area contributed by atoms with Gasteiger partial charge >= 0.3 is 6.18 Å². The van der Waals surface area contributed by atoms with Gasteiger partial charge < -0.3 is 19.9 Å². The van der Waals surface area contributed by atoms with Gasteiger partial charge in [-0.05, 0) is 42.8 Å². The Morgan fingerprint density at radius 1 is 1.09 bits per heavy atom. The van der Waals surface area contributed by atoms with Gasteiger partial charge in [-0.25, -0.2) is 4.98 Å². The van der Waals surface area contributed by atoms with Crippen LogP contribution in [0, 0.1) is 0 Å². The van der Waals surface area contributed by atoms with Crippen molar-refractivity contribution in [1.82, 2.24) is 9.55 Å². The highest BCUT2D eigenvalue weighted by Crippen LogP contribution is 2.33. The molecule has 182 valence electrons. The molecule has 11 heteroatoms. The molecule has 3 aromatic rings. The smallest absolute Gasteiger partial charge is 0.375 e. The highest BCUT2D eigenvalue weighted by molar-refractivity contribution is 7.99. The summed E-state index contributed by atoms with van der Waals surface area (Å²) in [6.07, 6.45) is -2.72. The van der Waals surface area contributed by atoms with Crippen LogP contribution in [0.3, 0.4) is 0 Å². The Morgan fingerprint density at radius 2 is 1.79 bits per heavy atom. The minimum Gasteiger partial charge on any atom is -0.375 e. The molecule has 0 atom stereocenters. The van der Waals surface area contributed by atoms with E-state index in [0.717, 1.165) is 36.7 Å². The molecular formula is C23H25F3N4O3S. The zero-order valence-electron chi connectivity index (χ0n) is 18.7. The fourth-order valence-electron chi connectivity index (χ4n) is 3.26. The van der Waals surface area contributed by atoms with E-state index in [0.29, 0.717) is 28.6 Å². The molecule has 0 radical (unpaired) electrons. The predicted octanol–water partition coefficient (Wildman–Crippen LogP) is 5.17. The number of halogens is 3. The van der Waals surface area contributed by atoms with Crippen molar-refractivity contribution in [3.05, 3.63) is 48.0 Å². The maximum absolute atomic E-state index is 13.1. The maximum atomic E-state index is 13.1. The van der Waals surface area contributed by atoms with Gasteiger partial charge in [-0.2, -0.15) is 13.2 Å². The summed E-state index contributed by atoms with van der Waals surface area (Å²) in [5, 5.41) is 5.90. The molecule has 0 spiro atoms. The number of nitrogens with one attached hydrogen (secondary N) is 2. The Bertz CT molecular complexity index is 1160. The number of hydrogen-bond donors (Lipinski definition) is 2. The summed E-state index contributed by atoms with van der Waals surface area (Å²) in [5.74, 6) is -0.612. The zero-order chi connectivity index (χ0) is 24.7. The van der Waals surface area contributed by atoms with Crippen molar-refractivity contribution in [2.75, 3.05) is 30.1 Å². The number of aryl methyl sites for hydroxylation is 1. The molecule has 0 aliphatic carbocycles. The summed E-state index contributed by atoms with van der Waals surface area (Å²) in [6, 6.07) is 10.2. The number of benzene rings is 2. The minimum absolute atomic E-state index is 0.0157. The lowest BCUT2D eigenvalue weighted by atomic mass is 10.2. The van der Waals surface area contributed by atoms with Gasteiger partial charge in [0.25, 0.3) is 0 Å². The van der Waals surface area contributed by atoms with Crippen LogP contribution in [0.5, 0.6) is 0 Å². The average Bonchev–Trinajstić information content (AvgIpc) is 3.12. The second-order valence-electron chi connectivity index (χ2n) is 7.50. The molecule has 0 fully saturated rings. The molecule has 2 amide bonds. The summed E-state index contributed by atoms with van der Waals surface area (Å²) in [4.78, 5) is 28.6. The van der Waals surface area contributed by atoms with Crippen LogP contribution in [-0.2, 0) is 27.0 Å². The molecule has 34 heavy (non-hydrogen) atoms. The molecule has 0 unspecified atom stereocenters. The van der Waals surface area contributed by atoms with Gasteiger partial charge in [-0.1, -0.05) is 31.2 Å². The van der Waals surface area contributed by atoms with Crippen LogP contribution < -0.4 is 10.6 Å².